The van der Waals surface area contributed by atoms with Gasteiger partial charge < -0.3 is 4.74 Å². The first-order valence-electron chi connectivity index (χ1n) is 6.60. The van der Waals surface area contributed by atoms with E-state index in [1.54, 1.807) is 25.2 Å². The number of aromatic nitrogens is 3. The van der Waals surface area contributed by atoms with E-state index in [1.807, 2.05) is 43.5 Å². The van der Waals surface area contributed by atoms with Gasteiger partial charge in [-0.2, -0.15) is 0 Å². The van der Waals surface area contributed by atoms with Crippen LogP contribution in [0.3, 0.4) is 0 Å². The summed E-state index contributed by atoms with van der Waals surface area (Å²) < 4.78 is 5.33. The largest absolute Gasteiger partial charge is 0.496 e. The summed E-state index contributed by atoms with van der Waals surface area (Å²) in [6.07, 6.45) is 3.45. The first-order chi connectivity index (χ1) is 10.3. The number of aryl methyl sites for hydroxylation is 1. The van der Waals surface area contributed by atoms with E-state index in [-0.39, 0.29) is 0 Å². The molecule has 0 radical (unpaired) electrons. The summed E-state index contributed by atoms with van der Waals surface area (Å²) in [5.74, 6) is 1.62. The zero-order valence-electron chi connectivity index (χ0n) is 11.9. The Morgan fingerprint density at radius 3 is 2.86 bits per heavy atom. The molecule has 0 saturated carbocycles. The van der Waals surface area contributed by atoms with E-state index in [0.29, 0.717) is 0 Å². The minimum atomic E-state index is 0.748. The van der Waals surface area contributed by atoms with E-state index < -0.39 is 0 Å². The number of rotatable bonds is 4. The van der Waals surface area contributed by atoms with Crippen molar-refractivity contribution in [1.29, 1.82) is 0 Å². The van der Waals surface area contributed by atoms with E-state index in [0.717, 1.165) is 38.7 Å². The molecule has 0 N–H and O–H groups in total. The highest BCUT2D eigenvalue weighted by Crippen LogP contribution is 2.28. The highest BCUT2D eigenvalue weighted by Gasteiger charge is 2.06. The zero-order valence-corrected chi connectivity index (χ0v) is 12.7. The Bertz CT molecular complexity index is 771. The molecule has 106 valence electrons. The third-order valence-electron chi connectivity index (χ3n) is 3.19. The number of hydrogen-bond donors (Lipinski definition) is 0. The molecule has 0 atom stereocenters. The summed E-state index contributed by atoms with van der Waals surface area (Å²) in [6.45, 7) is 1.99. The second-order valence-corrected chi connectivity index (χ2v) is 5.59. The van der Waals surface area contributed by atoms with Crippen LogP contribution >= 0.6 is 11.8 Å². The summed E-state index contributed by atoms with van der Waals surface area (Å²) in [4.78, 5) is 13.1. The van der Waals surface area contributed by atoms with Gasteiger partial charge >= 0.3 is 0 Å². The van der Waals surface area contributed by atoms with Crippen LogP contribution in [0.15, 0.2) is 47.9 Å². The Hall–Kier alpha value is -2.14. The summed E-state index contributed by atoms with van der Waals surface area (Å²) >= 11 is 1.66. The van der Waals surface area contributed by atoms with Crippen molar-refractivity contribution in [2.24, 2.45) is 0 Å². The van der Waals surface area contributed by atoms with Crippen molar-refractivity contribution >= 4 is 22.7 Å². The molecule has 0 saturated heterocycles. The lowest BCUT2D eigenvalue weighted by atomic mass is 10.2. The van der Waals surface area contributed by atoms with Crippen LogP contribution < -0.4 is 4.74 Å². The van der Waals surface area contributed by atoms with Gasteiger partial charge in [0, 0.05) is 29.0 Å². The Kier molecular flexibility index (Phi) is 4.01. The third-order valence-corrected chi connectivity index (χ3v) is 4.23. The number of thioether (sulfide) groups is 1. The molecule has 2 heterocycles. The minimum Gasteiger partial charge on any atom is -0.496 e. The van der Waals surface area contributed by atoms with Crippen LogP contribution in [0.5, 0.6) is 5.75 Å². The fraction of sp³-hybridized carbons (Fsp3) is 0.188. The van der Waals surface area contributed by atoms with Crippen LogP contribution in [0.2, 0.25) is 0 Å². The molecule has 0 aliphatic heterocycles. The lowest BCUT2D eigenvalue weighted by Crippen LogP contribution is -1.94. The topological polar surface area (TPSA) is 47.9 Å². The Morgan fingerprint density at radius 2 is 2.00 bits per heavy atom. The Morgan fingerprint density at radius 1 is 1.14 bits per heavy atom. The van der Waals surface area contributed by atoms with Gasteiger partial charge in [0.05, 0.1) is 18.3 Å². The van der Waals surface area contributed by atoms with Crippen LogP contribution in [-0.2, 0) is 5.75 Å². The van der Waals surface area contributed by atoms with E-state index in [4.69, 9.17) is 4.74 Å². The number of methoxy groups -OCH3 is 1. The minimum absolute atomic E-state index is 0.748. The first kappa shape index (κ1) is 13.8. The average molecular weight is 297 g/mol. The molecule has 4 nitrogen and oxygen atoms in total. The lowest BCUT2D eigenvalue weighted by Gasteiger charge is -2.07. The summed E-state index contributed by atoms with van der Waals surface area (Å²) in [6, 6.07) is 10.00. The van der Waals surface area contributed by atoms with Crippen LogP contribution in [0, 0.1) is 6.92 Å². The van der Waals surface area contributed by atoms with Crippen molar-refractivity contribution in [3.05, 3.63) is 54.1 Å². The van der Waals surface area contributed by atoms with Gasteiger partial charge in [0.2, 0.25) is 0 Å². The normalized spacial score (nSPS) is 10.8. The summed E-state index contributed by atoms with van der Waals surface area (Å²) in [7, 11) is 1.68. The fourth-order valence-electron chi connectivity index (χ4n) is 2.08. The van der Waals surface area contributed by atoms with Gasteiger partial charge in [-0.1, -0.05) is 30.0 Å². The number of benzene rings is 1. The highest BCUT2D eigenvalue weighted by atomic mass is 32.2. The Labute approximate surface area is 127 Å². The van der Waals surface area contributed by atoms with Crippen molar-refractivity contribution in [3.8, 4) is 5.75 Å². The van der Waals surface area contributed by atoms with Crippen molar-refractivity contribution in [2.75, 3.05) is 7.11 Å². The predicted octanol–water partition coefficient (Wildman–Crippen LogP) is 3.63. The number of fused-ring (bicyclic) bond motifs is 1. The standard InChI is InChI=1S/C16H15N3OS/c1-11-8-17-12(7-15(11)20-2)9-21-16-13-5-3-4-6-14(13)18-10-19-16/h3-8,10H,9H2,1-2H3. The second kappa shape index (κ2) is 6.10. The van der Waals surface area contributed by atoms with Gasteiger partial charge in [0.1, 0.15) is 17.1 Å². The highest BCUT2D eigenvalue weighted by molar-refractivity contribution is 7.98. The van der Waals surface area contributed by atoms with Crippen LogP contribution in [0.1, 0.15) is 11.3 Å². The average Bonchev–Trinajstić information content (AvgIpc) is 2.54. The Balaban J connectivity index is 1.83. The van der Waals surface area contributed by atoms with Gasteiger partial charge in [-0.15, -0.1) is 0 Å². The van der Waals surface area contributed by atoms with E-state index in [2.05, 4.69) is 15.0 Å². The number of para-hydroxylation sites is 1. The van der Waals surface area contributed by atoms with Gasteiger partial charge in [-0.25, -0.2) is 9.97 Å². The number of pyridine rings is 1. The second-order valence-electron chi connectivity index (χ2n) is 4.63. The SMILES string of the molecule is COc1cc(CSc2ncnc3ccccc23)ncc1C. The molecule has 0 unspecified atom stereocenters. The smallest absolute Gasteiger partial charge is 0.125 e. The molecule has 0 fully saturated rings. The van der Waals surface area contributed by atoms with Crippen molar-refractivity contribution in [3.63, 3.8) is 0 Å². The fourth-order valence-corrected chi connectivity index (χ4v) is 2.97. The van der Waals surface area contributed by atoms with Gasteiger partial charge in [-0.3, -0.25) is 4.98 Å². The van der Waals surface area contributed by atoms with Crippen molar-refractivity contribution < 1.29 is 4.74 Å². The van der Waals surface area contributed by atoms with Crippen molar-refractivity contribution in [2.45, 2.75) is 17.7 Å². The molecule has 0 spiro atoms. The molecule has 3 aromatic rings. The summed E-state index contributed by atoms with van der Waals surface area (Å²) in [5.41, 5.74) is 2.98. The van der Waals surface area contributed by atoms with Gasteiger partial charge in [0.15, 0.2) is 0 Å². The molecule has 0 amide bonds. The molecular weight excluding hydrogens is 282 g/mol. The molecule has 1 aromatic carbocycles. The number of hydrogen-bond acceptors (Lipinski definition) is 5. The van der Waals surface area contributed by atoms with Crippen LogP contribution in [0.4, 0.5) is 0 Å². The molecule has 2 aromatic heterocycles. The van der Waals surface area contributed by atoms with Crippen LogP contribution in [-0.4, -0.2) is 22.1 Å². The lowest BCUT2D eigenvalue weighted by molar-refractivity contribution is 0.410. The molecular formula is C16H15N3OS. The zero-order chi connectivity index (χ0) is 14.7. The molecule has 0 bridgehead atoms. The number of ether oxygens (including phenoxy) is 1. The molecule has 5 heteroatoms. The predicted molar refractivity (Wildman–Crippen MR) is 84.6 cm³/mol. The van der Waals surface area contributed by atoms with E-state index >= 15 is 0 Å². The molecule has 0 aliphatic rings. The van der Waals surface area contributed by atoms with Crippen LogP contribution in [0.25, 0.3) is 10.9 Å². The maximum absolute atomic E-state index is 5.33. The van der Waals surface area contributed by atoms with Crippen molar-refractivity contribution in [1.82, 2.24) is 15.0 Å². The molecule has 21 heavy (non-hydrogen) atoms. The monoisotopic (exact) mass is 297 g/mol. The van der Waals surface area contributed by atoms with E-state index in [1.165, 1.54) is 0 Å². The molecule has 0 aliphatic carbocycles. The maximum Gasteiger partial charge on any atom is 0.125 e. The first-order valence-corrected chi connectivity index (χ1v) is 7.58. The quantitative estimate of drug-likeness (QED) is 0.543. The van der Waals surface area contributed by atoms with Gasteiger partial charge in [-0.05, 0) is 13.0 Å². The van der Waals surface area contributed by atoms with E-state index in [9.17, 15) is 0 Å². The van der Waals surface area contributed by atoms with Gasteiger partial charge in [0.25, 0.3) is 0 Å². The summed E-state index contributed by atoms with van der Waals surface area (Å²) in [5, 5.41) is 2.05. The molecule has 3 rings (SSSR count). The maximum atomic E-state index is 5.33. The number of nitrogens with zero attached hydrogens (tertiary/aromatic N) is 3. The third kappa shape index (κ3) is 2.97.